The summed E-state index contributed by atoms with van der Waals surface area (Å²) in [4.78, 5) is 11.0. The molecule has 17 heavy (non-hydrogen) atoms. The third-order valence-electron chi connectivity index (χ3n) is 2.22. The number of hydrogen-bond acceptors (Lipinski definition) is 2. The van der Waals surface area contributed by atoms with Crippen molar-refractivity contribution in [2.24, 2.45) is 5.92 Å². The molecule has 1 aromatic rings. The highest BCUT2D eigenvalue weighted by Crippen LogP contribution is 2.14. The van der Waals surface area contributed by atoms with Crippen molar-refractivity contribution in [3.05, 3.63) is 34.9 Å². The first kappa shape index (κ1) is 14.0. The van der Waals surface area contributed by atoms with Crippen molar-refractivity contribution in [3.8, 4) is 0 Å². The van der Waals surface area contributed by atoms with Crippen LogP contribution in [-0.2, 0) is 16.0 Å². The molecule has 0 fully saturated rings. The van der Waals surface area contributed by atoms with E-state index in [2.05, 4.69) is 0 Å². The van der Waals surface area contributed by atoms with Crippen LogP contribution in [-0.4, -0.2) is 23.8 Å². The van der Waals surface area contributed by atoms with E-state index in [1.807, 2.05) is 19.9 Å². The maximum atomic E-state index is 11.0. The molecule has 3 nitrogen and oxygen atoms in total. The van der Waals surface area contributed by atoms with Gasteiger partial charge in [0, 0.05) is 11.4 Å². The maximum Gasteiger partial charge on any atom is 0.333 e. The average Bonchev–Trinajstić information content (AvgIpc) is 2.23. The van der Waals surface area contributed by atoms with Gasteiger partial charge in [0.05, 0.1) is 6.61 Å². The molecule has 0 amide bonds. The van der Waals surface area contributed by atoms with Crippen LogP contribution in [0.2, 0.25) is 5.02 Å². The smallest absolute Gasteiger partial charge is 0.333 e. The molecule has 0 bridgehead atoms. The third kappa shape index (κ3) is 5.20. The van der Waals surface area contributed by atoms with Gasteiger partial charge in [0.1, 0.15) is 0 Å². The number of ether oxygens (including phenoxy) is 1. The Morgan fingerprint density at radius 3 is 2.71 bits per heavy atom. The van der Waals surface area contributed by atoms with Gasteiger partial charge in [-0.15, -0.1) is 0 Å². The van der Waals surface area contributed by atoms with Crippen molar-refractivity contribution >= 4 is 17.6 Å². The Kier molecular flexibility index (Phi) is 5.45. The van der Waals surface area contributed by atoms with Crippen LogP contribution >= 0.6 is 11.6 Å². The quantitative estimate of drug-likeness (QED) is 0.851. The molecule has 0 saturated heterocycles. The van der Waals surface area contributed by atoms with E-state index >= 15 is 0 Å². The monoisotopic (exact) mass is 256 g/mol. The highest BCUT2D eigenvalue weighted by Gasteiger charge is 2.19. The first-order valence-electron chi connectivity index (χ1n) is 5.58. The summed E-state index contributed by atoms with van der Waals surface area (Å²) in [5.41, 5.74) is 0.869. The zero-order chi connectivity index (χ0) is 12.8. The average molecular weight is 257 g/mol. The number of carboxylic acids is 1. The van der Waals surface area contributed by atoms with Gasteiger partial charge in [-0.25, -0.2) is 4.79 Å². The molecule has 4 heteroatoms. The highest BCUT2D eigenvalue weighted by molar-refractivity contribution is 6.30. The molecule has 0 aliphatic heterocycles. The molecular weight excluding hydrogens is 240 g/mol. The van der Waals surface area contributed by atoms with Gasteiger partial charge in [-0.2, -0.15) is 0 Å². The highest BCUT2D eigenvalue weighted by atomic mass is 35.5. The first-order chi connectivity index (χ1) is 7.99. The van der Waals surface area contributed by atoms with E-state index in [-0.39, 0.29) is 0 Å². The second kappa shape index (κ2) is 6.62. The van der Waals surface area contributed by atoms with E-state index in [0.717, 1.165) is 5.56 Å². The van der Waals surface area contributed by atoms with Crippen molar-refractivity contribution in [1.82, 2.24) is 0 Å². The molecular formula is C13H17ClO3. The van der Waals surface area contributed by atoms with Crippen molar-refractivity contribution in [1.29, 1.82) is 0 Å². The summed E-state index contributed by atoms with van der Waals surface area (Å²) in [5, 5.41) is 9.67. The van der Waals surface area contributed by atoms with E-state index in [1.165, 1.54) is 0 Å². The zero-order valence-electron chi connectivity index (χ0n) is 10.0. The Morgan fingerprint density at radius 1 is 1.47 bits per heavy atom. The fourth-order valence-electron chi connectivity index (χ4n) is 1.40. The van der Waals surface area contributed by atoms with Crippen LogP contribution in [0.4, 0.5) is 0 Å². The van der Waals surface area contributed by atoms with Gasteiger partial charge < -0.3 is 9.84 Å². The Balaban J connectivity index is 2.63. The maximum absolute atomic E-state index is 11.0. The Bertz CT molecular complexity index is 377. The molecule has 1 N–H and O–H groups in total. The van der Waals surface area contributed by atoms with Crippen molar-refractivity contribution in [3.63, 3.8) is 0 Å². The summed E-state index contributed by atoms with van der Waals surface area (Å²) in [6, 6.07) is 7.17. The number of aliphatic carboxylic acids is 1. The van der Waals surface area contributed by atoms with Crippen LogP contribution in [0.15, 0.2) is 24.3 Å². The van der Waals surface area contributed by atoms with Gasteiger partial charge in [0.2, 0.25) is 0 Å². The predicted molar refractivity (Wildman–Crippen MR) is 67.4 cm³/mol. The molecule has 94 valence electrons. The molecule has 0 heterocycles. The lowest BCUT2D eigenvalue weighted by Gasteiger charge is -2.15. The lowest BCUT2D eigenvalue weighted by molar-refractivity contribution is -0.150. The molecule has 0 unspecified atom stereocenters. The third-order valence-corrected chi connectivity index (χ3v) is 2.45. The standard InChI is InChI=1S/C13H17ClO3/c1-9(2)8-17-12(13(15)16)7-10-4-3-5-11(14)6-10/h3-6,9,12H,7-8H2,1-2H3,(H,15,16)/t12-/m0/s1. The summed E-state index contributed by atoms with van der Waals surface area (Å²) < 4.78 is 5.37. The Labute approximate surface area is 106 Å². The van der Waals surface area contributed by atoms with Gasteiger partial charge in [-0.3, -0.25) is 0 Å². The fourth-order valence-corrected chi connectivity index (χ4v) is 1.62. The molecule has 1 rings (SSSR count). The number of halogens is 1. The molecule has 0 aliphatic rings. The van der Waals surface area contributed by atoms with E-state index < -0.39 is 12.1 Å². The van der Waals surface area contributed by atoms with E-state index in [4.69, 9.17) is 21.4 Å². The molecule has 0 saturated carbocycles. The predicted octanol–water partition coefficient (Wildman–Crippen LogP) is 3.01. The molecule has 1 aromatic carbocycles. The van der Waals surface area contributed by atoms with Crippen LogP contribution in [0.25, 0.3) is 0 Å². The van der Waals surface area contributed by atoms with Gasteiger partial charge >= 0.3 is 5.97 Å². The minimum Gasteiger partial charge on any atom is -0.479 e. The second-order valence-corrected chi connectivity index (χ2v) is 4.82. The van der Waals surface area contributed by atoms with Crippen molar-refractivity contribution in [2.75, 3.05) is 6.61 Å². The summed E-state index contributed by atoms with van der Waals surface area (Å²) in [6.45, 7) is 4.41. The van der Waals surface area contributed by atoms with Crippen LogP contribution < -0.4 is 0 Å². The summed E-state index contributed by atoms with van der Waals surface area (Å²) in [7, 11) is 0. The summed E-state index contributed by atoms with van der Waals surface area (Å²) in [6.07, 6.45) is -0.473. The number of carbonyl (C=O) groups is 1. The minimum absolute atomic E-state index is 0.316. The van der Waals surface area contributed by atoms with Gasteiger partial charge in [0.15, 0.2) is 6.10 Å². The van der Waals surface area contributed by atoms with Gasteiger partial charge in [-0.1, -0.05) is 37.6 Å². The van der Waals surface area contributed by atoms with Crippen molar-refractivity contribution in [2.45, 2.75) is 26.4 Å². The summed E-state index contributed by atoms with van der Waals surface area (Å²) in [5.74, 6) is -0.623. The topological polar surface area (TPSA) is 46.5 Å². The SMILES string of the molecule is CC(C)CO[C@@H](Cc1cccc(Cl)c1)C(=O)O. The Morgan fingerprint density at radius 2 is 2.18 bits per heavy atom. The summed E-state index contributed by atoms with van der Waals surface area (Å²) >= 11 is 5.85. The molecule has 0 spiro atoms. The van der Waals surface area contributed by atoms with Crippen molar-refractivity contribution < 1.29 is 14.6 Å². The van der Waals surface area contributed by atoms with E-state index in [9.17, 15) is 4.79 Å². The molecule has 1 atom stereocenters. The Hall–Kier alpha value is -1.06. The first-order valence-corrected chi connectivity index (χ1v) is 5.95. The van der Waals surface area contributed by atoms with E-state index in [0.29, 0.717) is 24.0 Å². The second-order valence-electron chi connectivity index (χ2n) is 4.39. The number of carboxylic acid groups (broad SMARTS) is 1. The minimum atomic E-state index is -0.939. The molecule has 0 aliphatic carbocycles. The fraction of sp³-hybridized carbons (Fsp3) is 0.462. The molecule has 0 radical (unpaired) electrons. The van der Waals surface area contributed by atoms with Gasteiger partial charge in [0.25, 0.3) is 0 Å². The number of rotatable bonds is 6. The van der Waals surface area contributed by atoms with Crippen LogP contribution in [0.3, 0.4) is 0 Å². The van der Waals surface area contributed by atoms with Crippen LogP contribution in [0, 0.1) is 5.92 Å². The largest absolute Gasteiger partial charge is 0.479 e. The number of benzene rings is 1. The lowest BCUT2D eigenvalue weighted by Crippen LogP contribution is -2.28. The van der Waals surface area contributed by atoms with Gasteiger partial charge in [-0.05, 0) is 23.6 Å². The molecule has 0 aromatic heterocycles. The van der Waals surface area contributed by atoms with Crippen LogP contribution in [0.5, 0.6) is 0 Å². The normalized spacial score (nSPS) is 12.7. The zero-order valence-corrected chi connectivity index (χ0v) is 10.8. The lowest BCUT2D eigenvalue weighted by atomic mass is 10.1. The van der Waals surface area contributed by atoms with E-state index in [1.54, 1.807) is 18.2 Å². The number of hydrogen-bond donors (Lipinski definition) is 1. The van der Waals surface area contributed by atoms with Crippen LogP contribution in [0.1, 0.15) is 19.4 Å².